The Bertz CT molecular complexity index is 1160. The predicted molar refractivity (Wildman–Crippen MR) is 136 cm³/mol. The Labute approximate surface area is 206 Å². The number of nitrogens with zero attached hydrogens (tertiary/aromatic N) is 4. The molecule has 5 rings (SSSR count). The number of carbonyl (C=O) groups is 1. The summed E-state index contributed by atoms with van der Waals surface area (Å²) in [6.45, 7) is 3.77. The second-order valence-electron chi connectivity index (χ2n) is 8.41. The molecule has 3 aromatic rings. The van der Waals surface area contributed by atoms with Crippen molar-refractivity contribution in [3.05, 3.63) is 63.6 Å². The first-order chi connectivity index (χ1) is 16.6. The topological polar surface area (TPSA) is 103 Å². The molecule has 1 amide bonds. The molecule has 2 saturated heterocycles. The maximum atomic E-state index is 11.4. The molecule has 0 aromatic carbocycles. The van der Waals surface area contributed by atoms with Crippen molar-refractivity contribution in [1.82, 2.24) is 25.2 Å². The fourth-order valence-corrected chi connectivity index (χ4v) is 5.50. The number of anilines is 1. The summed E-state index contributed by atoms with van der Waals surface area (Å²) in [5, 5.41) is 19.6. The van der Waals surface area contributed by atoms with E-state index in [9.17, 15) is 9.90 Å². The summed E-state index contributed by atoms with van der Waals surface area (Å²) in [6.07, 6.45) is 4.64. The fourth-order valence-electron chi connectivity index (χ4n) is 4.12. The van der Waals surface area contributed by atoms with Crippen LogP contribution in [0.3, 0.4) is 0 Å². The van der Waals surface area contributed by atoms with Crippen LogP contribution in [0.25, 0.3) is 17.3 Å². The van der Waals surface area contributed by atoms with E-state index in [0.29, 0.717) is 22.5 Å². The molecule has 2 aliphatic heterocycles. The average molecular weight is 495 g/mol. The molecule has 2 fully saturated rings. The number of aliphatic hydroxyl groups excluding tert-OH is 1. The zero-order chi connectivity index (χ0) is 23.3. The SMILES string of the molecule is O=C1NC(O)/C(=C/c2ccnc(NCC3CCN(Cc4cccc(-c5ccsc5)n4)CC3)n2)S1. The quantitative estimate of drug-likeness (QED) is 0.452. The lowest BCUT2D eigenvalue weighted by molar-refractivity contribution is 0.180. The van der Waals surface area contributed by atoms with E-state index in [0.717, 1.165) is 62.2 Å². The lowest BCUT2D eigenvalue weighted by atomic mass is 9.96. The Morgan fingerprint density at radius 1 is 1.21 bits per heavy atom. The van der Waals surface area contributed by atoms with Crippen LogP contribution in [-0.2, 0) is 6.54 Å². The van der Waals surface area contributed by atoms with Gasteiger partial charge in [-0.1, -0.05) is 6.07 Å². The first-order valence-corrected chi connectivity index (χ1v) is 13.0. The molecule has 1 atom stereocenters. The van der Waals surface area contributed by atoms with Crippen LogP contribution in [0.4, 0.5) is 10.7 Å². The van der Waals surface area contributed by atoms with E-state index in [1.807, 2.05) is 0 Å². The molecule has 0 spiro atoms. The molecule has 3 aromatic heterocycles. The monoisotopic (exact) mass is 494 g/mol. The van der Waals surface area contributed by atoms with Crippen molar-refractivity contribution in [1.29, 1.82) is 0 Å². The molecule has 3 N–H and O–H groups in total. The van der Waals surface area contributed by atoms with Gasteiger partial charge in [0.2, 0.25) is 5.95 Å². The Kier molecular flexibility index (Phi) is 7.19. The van der Waals surface area contributed by atoms with Gasteiger partial charge in [0.15, 0.2) is 6.23 Å². The standard InChI is InChI=1S/C24H26N6O2S2/c31-22-21(34-24(32)29-22)12-18-4-8-25-23(28-18)26-13-16-5-9-30(10-6-16)14-19-2-1-3-20(27-19)17-7-11-33-15-17/h1-4,7-8,11-12,15-16,22,31H,5-6,9-10,13-14H2,(H,29,32)(H,25,26,28)/b21-12-. The first-order valence-electron chi connectivity index (χ1n) is 11.3. The van der Waals surface area contributed by atoms with Gasteiger partial charge in [-0.3, -0.25) is 14.7 Å². The van der Waals surface area contributed by atoms with Crippen molar-refractivity contribution in [2.24, 2.45) is 5.92 Å². The van der Waals surface area contributed by atoms with E-state index in [4.69, 9.17) is 4.98 Å². The number of likely N-dealkylation sites (tertiary alicyclic amines) is 1. The Hall–Kier alpha value is -2.79. The number of nitrogens with one attached hydrogen (secondary N) is 2. The smallest absolute Gasteiger partial charge is 0.285 e. The number of rotatable bonds is 7. The van der Waals surface area contributed by atoms with Crippen molar-refractivity contribution in [2.45, 2.75) is 25.6 Å². The molecule has 176 valence electrons. The Morgan fingerprint density at radius 2 is 2.09 bits per heavy atom. The second-order valence-corrected chi connectivity index (χ2v) is 10.2. The van der Waals surface area contributed by atoms with Crippen LogP contribution in [0.2, 0.25) is 0 Å². The summed E-state index contributed by atoms with van der Waals surface area (Å²) >= 11 is 2.68. The van der Waals surface area contributed by atoms with Crippen LogP contribution < -0.4 is 10.6 Å². The number of amides is 1. The zero-order valence-corrected chi connectivity index (χ0v) is 20.2. The minimum absolute atomic E-state index is 0.261. The molecular formula is C24H26N6O2S2. The number of thioether (sulfide) groups is 1. The van der Waals surface area contributed by atoms with Crippen molar-refractivity contribution >= 4 is 40.4 Å². The highest BCUT2D eigenvalue weighted by Crippen LogP contribution is 2.28. The summed E-state index contributed by atoms with van der Waals surface area (Å²) in [5.74, 6) is 1.11. The zero-order valence-electron chi connectivity index (χ0n) is 18.6. The van der Waals surface area contributed by atoms with Crippen molar-refractivity contribution in [2.75, 3.05) is 25.0 Å². The number of aromatic nitrogens is 3. The lowest BCUT2D eigenvalue weighted by Gasteiger charge is -2.31. The maximum Gasteiger partial charge on any atom is 0.285 e. The minimum atomic E-state index is -0.970. The molecular weight excluding hydrogens is 468 g/mol. The van der Waals surface area contributed by atoms with Crippen molar-refractivity contribution in [3.8, 4) is 11.3 Å². The maximum absolute atomic E-state index is 11.4. The van der Waals surface area contributed by atoms with Gasteiger partial charge in [0.25, 0.3) is 5.24 Å². The molecule has 8 nitrogen and oxygen atoms in total. The van der Waals surface area contributed by atoms with E-state index in [1.54, 1.807) is 29.7 Å². The van der Waals surface area contributed by atoms with E-state index < -0.39 is 6.23 Å². The average Bonchev–Trinajstić information content (AvgIpc) is 3.49. The van der Waals surface area contributed by atoms with Gasteiger partial charge in [0, 0.05) is 35.1 Å². The predicted octanol–water partition coefficient (Wildman–Crippen LogP) is 4.04. The molecule has 10 heteroatoms. The highest BCUT2D eigenvalue weighted by Gasteiger charge is 2.25. The summed E-state index contributed by atoms with van der Waals surface area (Å²) in [7, 11) is 0. The Morgan fingerprint density at radius 3 is 2.85 bits per heavy atom. The van der Waals surface area contributed by atoms with Crippen molar-refractivity contribution < 1.29 is 9.90 Å². The molecule has 5 heterocycles. The summed E-state index contributed by atoms with van der Waals surface area (Å²) in [5.41, 5.74) is 3.99. The number of hydrogen-bond acceptors (Lipinski definition) is 9. The molecule has 0 aliphatic carbocycles. The number of aliphatic hydroxyl groups is 1. The van der Waals surface area contributed by atoms with E-state index in [1.165, 1.54) is 5.56 Å². The summed E-state index contributed by atoms with van der Waals surface area (Å²) in [4.78, 5) is 28.1. The normalized spacial score (nSPS) is 20.6. The second kappa shape index (κ2) is 10.6. The highest BCUT2D eigenvalue weighted by molar-refractivity contribution is 8.17. The third kappa shape index (κ3) is 5.82. The van der Waals surface area contributed by atoms with Crippen molar-refractivity contribution in [3.63, 3.8) is 0 Å². The third-order valence-corrected chi connectivity index (χ3v) is 7.53. The third-order valence-electron chi connectivity index (χ3n) is 5.97. The van der Waals surface area contributed by atoms with Gasteiger partial charge in [-0.25, -0.2) is 9.97 Å². The van der Waals surface area contributed by atoms with Gasteiger partial charge < -0.3 is 15.7 Å². The van der Waals surface area contributed by atoms with Gasteiger partial charge >= 0.3 is 0 Å². The fraction of sp³-hybridized carbons (Fsp3) is 0.333. The summed E-state index contributed by atoms with van der Waals surface area (Å²) < 4.78 is 0. The number of thiophene rings is 1. The largest absolute Gasteiger partial charge is 0.369 e. The molecule has 1 unspecified atom stereocenters. The van der Waals surface area contributed by atoms with Gasteiger partial charge in [-0.2, -0.15) is 11.3 Å². The van der Waals surface area contributed by atoms with E-state index in [2.05, 4.69) is 60.5 Å². The van der Waals surface area contributed by atoms with Crippen LogP contribution in [0.15, 0.2) is 52.2 Å². The van der Waals surface area contributed by atoms with Gasteiger partial charge in [0.1, 0.15) is 0 Å². The lowest BCUT2D eigenvalue weighted by Crippen LogP contribution is -2.35. The van der Waals surface area contributed by atoms with Crippen LogP contribution in [0.5, 0.6) is 0 Å². The number of hydrogen-bond donors (Lipinski definition) is 3. The number of pyridine rings is 1. The van der Waals surface area contributed by atoms with Gasteiger partial charge in [-0.15, -0.1) is 0 Å². The summed E-state index contributed by atoms with van der Waals surface area (Å²) in [6, 6.07) is 10.1. The van der Waals surface area contributed by atoms with Crippen LogP contribution >= 0.6 is 23.1 Å². The molecule has 0 bridgehead atoms. The minimum Gasteiger partial charge on any atom is -0.369 e. The van der Waals surface area contributed by atoms with Crippen LogP contribution in [0.1, 0.15) is 24.2 Å². The van der Waals surface area contributed by atoms with Crippen LogP contribution in [0, 0.1) is 5.92 Å². The highest BCUT2D eigenvalue weighted by atomic mass is 32.2. The molecule has 2 aliphatic rings. The Balaban J connectivity index is 1.10. The molecule has 0 saturated carbocycles. The number of piperidine rings is 1. The van der Waals surface area contributed by atoms with E-state index >= 15 is 0 Å². The van der Waals surface area contributed by atoms with Crippen LogP contribution in [-0.4, -0.2) is 56.1 Å². The van der Waals surface area contributed by atoms with Gasteiger partial charge in [-0.05, 0) is 79.3 Å². The first kappa shape index (κ1) is 23.0. The van der Waals surface area contributed by atoms with Gasteiger partial charge in [0.05, 0.1) is 17.1 Å². The molecule has 0 radical (unpaired) electrons. The number of carbonyl (C=O) groups excluding carboxylic acids is 1. The molecule has 34 heavy (non-hydrogen) atoms. The van der Waals surface area contributed by atoms with E-state index in [-0.39, 0.29) is 5.24 Å².